The molecule has 2 rings (SSSR count). The quantitative estimate of drug-likeness (QED) is 0.755. The average Bonchev–Trinajstić information content (AvgIpc) is 2.76. The van der Waals surface area contributed by atoms with Gasteiger partial charge in [-0.3, -0.25) is 0 Å². The van der Waals surface area contributed by atoms with E-state index >= 15 is 0 Å². The lowest BCUT2D eigenvalue weighted by molar-refractivity contribution is 0.0671. The van der Waals surface area contributed by atoms with E-state index in [9.17, 15) is 0 Å². The van der Waals surface area contributed by atoms with Gasteiger partial charge in [-0.15, -0.1) is 0 Å². The first-order valence-corrected chi connectivity index (χ1v) is 6.58. The molecule has 0 radical (unpaired) electrons. The van der Waals surface area contributed by atoms with E-state index in [1.165, 1.54) is 0 Å². The molecule has 92 valence electrons. The van der Waals surface area contributed by atoms with Gasteiger partial charge < -0.3 is 4.74 Å². The Morgan fingerprint density at radius 1 is 1.12 bits per heavy atom. The molecule has 2 heteroatoms. The summed E-state index contributed by atoms with van der Waals surface area (Å²) in [6.07, 6.45) is 4.50. The van der Waals surface area contributed by atoms with E-state index in [2.05, 4.69) is 31.0 Å². The molecule has 0 aromatic heterocycles. The number of nitrogens with zero attached hydrogens (tertiary/aromatic N) is 1. The van der Waals surface area contributed by atoms with Crippen LogP contribution in [0, 0.1) is 0 Å². The Hall–Kier alpha value is -1.31. The smallest absolute Gasteiger partial charge is 0.216 e. The van der Waals surface area contributed by atoms with Gasteiger partial charge in [0.15, 0.2) is 0 Å². The van der Waals surface area contributed by atoms with Gasteiger partial charge in [-0.2, -0.15) is 0 Å². The summed E-state index contributed by atoms with van der Waals surface area (Å²) in [6, 6.07) is 10.2. The minimum absolute atomic E-state index is 0.0331. The van der Waals surface area contributed by atoms with Crippen molar-refractivity contribution in [2.75, 3.05) is 6.54 Å². The predicted octanol–water partition coefficient (Wildman–Crippen LogP) is 3.80. The molecule has 1 aliphatic heterocycles. The zero-order chi connectivity index (χ0) is 12.1. The zero-order valence-electron chi connectivity index (χ0n) is 10.8. The molecule has 1 aromatic rings. The van der Waals surface area contributed by atoms with E-state index in [1.807, 2.05) is 18.2 Å². The third-order valence-electron chi connectivity index (χ3n) is 3.26. The van der Waals surface area contributed by atoms with E-state index in [1.54, 1.807) is 0 Å². The van der Waals surface area contributed by atoms with E-state index in [4.69, 9.17) is 4.74 Å². The molecule has 0 bridgehead atoms. The van der Waals surface area contributed by atoms with Gasteiger partial charge >= 0.3 is 0 Å². The second-order valence-electron chi connectivity index (χ2n) is 4.77. The molecule has 0 spiro atoms. The third-order valence-corrected chi connectivity index (χ3v) is 3.26. The van der Waals surface area contributed by atoms with Crippen LogP contribution < -0.4 is 0 Å². The van der Waals surface area contributed by atoms with Crippen LogP contribution in [0.25, 0.3) is 0 Å². The molecule has 17 heavy (non-hydrogen) atoms. The van der Waals surface area contributed by atoms with Crippen LogP contribution in [-0.4, -0.2) is 18.0 Å². The Kier molecular flexibility index (Phi) is 3.82. The summed E-state index contributed by atoms with van der Waals surface area (Å²) in [4.78, 5) is 4.59. The summed E-state index contributed by atoms with van der Waals surface area (Å²) < 4.78 is 6.17. The van der Waals surface area contributed by atoms with Crippen LogP contribution in [0.2, 0.25) is 0 Å². The van der Waals surface area contributed by atoms with Crippen LogP contribution in [0.1, 0.15) is 45.1 Å². The van der Waals surface area contributed by atoms with E-state index in [0.717, 1.165) is 43.7 Å². The van der Waals surface area contributed by atoms with Crippen LogP contribution in [0.5, 0.6) is 0 Å². The lowest BCUT2D eigenvalue weighted by Gasteiger charge is -2.27. The SMILES string of the molecule is CCCC1(CCC)CN=C(c2ccccc2)O1. The first-order valence-electron chi connectivity index (χ1n) is 6.58. The summed E-state index contributed by atoms with van der Waals surface area (Å²) in [6.45, 7) is 5.24. The molecule has 0 atom stereocenters. The highest BCUT2D eigenvalue weighted by atomic mass is 16.5. The Bertz CT molecular complexity index is 377. The molecule has 0 aliphatic carbocycles. The van der Waals surface area contributed by atoms with Crippen LogP contribution in [0.4, 0.5) is 0 Å². The summed E-state index contributed by atoms with van der Waals surface area (Å²) in [7, 11) is 0. The van der Waals surface area contributed by atoms with Crippen LogP contribution in [0.15, 0.2) is 35.3 Å². The molecular formula is C15H21NO. The molecule has 0 saturated carbocycles. The maximum atomic E-state index is 6.17. The van der Waals surface area contributed by atoms with Gasteiger partial charge in [-0.1, -0.05) is 44.9 Å². The highest BCUT2D eigenvalue weighted by Gasteiger charge is 2.36. The van der Waals surface area contributed by atoms with Gasteiger partial charge in [0.05, 0.1) is 6.54 Å². The van der Waals surface area contributed by atoms with Crippen molar-refractivity contribution in [2.45, 2.75) is 45.1 Å². The monoisotopic (exact) mass is 231 g/mol. The second kappa shape index (κ2) is 5.35. The van der Waals surface area contributed by atoms with Crippen molar-refractivity contribution >= 4 is 5.90 Å². The predicted molar refractivity (Wildman–Crippen MR) is 71.5 cm³/mol. The van der Waals surface area contributed by atoms with Gasteiger partial charge in [0.1, 0.15) is 5.60 Å². The normalized spacial score (nSPS) is 17.6. The number of benzene rings is 1. The summed E-state index contributed by atoms with van der Waals surface area (Å²) in [5.41, 5.74) is 1.07. The molecule has 0 fully saturated rings. The Labute approximate surface area is 104 Å². The standard InChI is InChI=1S/C15H21NO/c1-3-10-15(11-4-2)12-16-14(17-15)13-8-6-5-7-9-13/h5-9H,3-4,10-12H2,1-2H3. The fourth-order valence-electron chi connectivity index (χ4n) is 2.51. The molecular weight excluding hydrogens is 210 g/mol. The Balaban J connectivity index is 2.10. The van der Waals surface area contributed by atoms with Crippen molar-refractivity contribution in [2.24, 2.45) is 4.99 Å². The third kappa shape index (κ3) is 2.68. The second-order valence-corrected chi connectivity index (χ2v) is 4.77. The van der Waals surface area contributed by atoms with Crippen molar-refractivity contribution in [3.63, 3.8) is 0 Å². The van der Waals surface area contributed by atoms with Gasteiger partial charge in [0.2, 0.25) is 5.90 Å². The fraction of sp³-hybridized carbons (Fsp3) is 0.533. The van der Waals surface area contributed by atoms with Crippen molar-refractivity contribution in [1.82, 2.24) is 0 Å². The van der Waals surface area contributed by atoms with Gasteiger partial charge in [-0.05, 0) is 25.0 Å². The number of hydrogen-bond acceptors (Lipinski definition) is 2. The largest absolute Gasteiger partial charge is 0.469 e. The highest BCUT2D eigenvalue weighted by Crippen LogP contribution is 2.31. The molecule has 0 unspecified atom stereocenters. The molecule has 2 nitrogen and oxygen atoms in total. The van der Waals surface area contributed by atoms with Crippen LogP contribution in [0.3, 0.4) is 0 Å². The van der Waals surface area contributed by atoms with Crippen molar-refractivity contribution < 1.29 is 4.74 Å². The maximum Gasteiger partial charge on any atom is 0.216 e. The Morgan fingerprint density at radius 2 is 1.76 bits per heavy atom. The first-order chi connectivity index (χ1) is 8.29. The minimum Gasteiger partial charge on any atom is -0.469 e. The van der Waals surface area contributed by atoms with Crippen molar-refractivity contribution in [1.29, 1.82) is 0 Å². The lowest BCUT2D eigenvalue weighted by Crippen LogP contribution is -2.33. The molecule has 0 amide bonds. The minimum atomic E-state index is -0.0331. The molecule has 0 N–H and O–H groups in total. The van der Waals surface area contributed by atoms with Crippen molar-refractivity contribution in [3.05, 3.63) is 35.9 Å². The first kappa shape index (κ1) is 12.2. The van der Waals surface area contributed by atoms with Crippen molar-refractivity contribution in [3.8, 4) is 0 Å². The van der Waals surface area contributed by atoms with E-state index < -0.39 is 0 Å². The summed E-state index contributed by atoms with van der Waals surface area (Å²) in [5.74, 6) is 0.826. The summed E-state index contributed by atoms with van der Waals surface area (Å²) in [5, 5.41) is 0. The number of ether oxygens (including phenoxy) is 1. The van der Waals surface area contributed by atoms with E-state index in [0.29, 0.717) is 0 Å². The Morgan fingerprint density at radius 3 is 2.35 bits per heavy atom. The highest BCUT2D eigenvalue weighted by molar-refractivity contribution is 5.95. The fourth-order valence-corrected chi connectivity index (χ4v) is 2.51. The topological polar surface area (TPSA) is 21.6 Å². The zero-order valence-corrected chi connectivity index (χ0v) is 10.8. The van der Waals surface area contributed by atoms with Crippen LogP contribution in [-0.2, 0) is 4.74 Å². The van der Waals surface area contributed by atoms with Gasteiger partial charge in [-0.25, -0.2) is 4.99 Å². The maximum absolute atomic E-state index is 6.17. The number of hydrogen-bond donors (Lipinski definition) is 0. The molecule has 0 saturated heterocycles. The lowest BCUT2D eigenvalue weighted by atomic mass is 9.93. The average molecular weight is 231 g/mol. The molecule has 1 aliphatic rings. The molecule has 1 aromatic carbocycles. The van der Waals surface area contributed by atoms with Gasteiger partial charge in [0.25, 0.3) is 0 Å². The molecule has 1 heterocycles. The number of aliphatic imine (C=N–C) groups is 1. The summed E-state index contributed by atoms with van der Waals surface area (Å²) >= 11 is 0. The number of rotatable bonds is 5. The van der Waals surface area contributed by atoms with Gasteiger partial charge in [0, 0.05) is 5.56 Å². The van der Waals surface area contributed by atoms with Crippen LogP contribution >= 0.6 is 0 Å². The van der Waals surface area contributed by atoms with E-state index in [-0.39, 0.29) is 5.60 Å².